The molecule has 162 valence electrons. The molecule has 0 amide bonds. The summed E-state index contributed by atoms with van der Waals surface area (Å²) in [6.45, 7) is 2.18. The van der Waals surface area contributed by atoms with E-state index in [1.54, 1.807) is 6.07 Å². The van der Waals surface area contributed by atoms with Crippen LogP contribution in [0, 0.1) is 0 Å². The van der Waals surface area contributed by atoms with Gasteiger partial charge < -0.3 is 15.5 Å². The summed E-state index contributed by atoms with van der Waals surface area (Å²) in [6, 6.07) is 13.6. The van der Waals surface area contributed by atoms with Crippen molar-refractivity contribution in [2.45, 2.75) is 51.2 Å². The molecule has 1 aliphatic rings. The summed E-state index contributed by atoms with van der Waals surface area (Å²) in [5, 5.41) is 6.42. The molecule has 1 heterocycles. The third-order valence-corrected chi connectivity index (χ3v) is 5.56. The molecular formula is C23H28F3N3S. The van der Waals surface area contributed by atoms with Gasteiger partial charge in [-0.2, -0.15) is 13.2 Å². The highest BCUT2D eigenvalue weighted by Gasteiger charge is 2.31. The zero-order valence-electron chi connectivity index (χ0n) is 17.0. The maximum Gasteiger partial charge on any atom is 0.416 e. The zero-order chi connectivity index (χ0) is 21.4. The van der Waals surface area contributed by atoms with Gasteiger partial charge in [-0.3, -0.25) is 0 Å². The van der Waals surface area contributed by atoms with Crippen molar-refractivity contribution >= 4 is 28.7 Å². The Bertz CT molecular complexity index is 814. The molecule has 2 N–H and O–H groups in total. The molecule has 2 aromatic rings. The van der Waals surface area contributed by atoms with Crippen molar-refractivity contribution in [1.82, 2.24) is 5.32 Å². The quantitative estimate of drug-likeness (QED) is 0.547. The fraction of sp³-hybridized carbons (Fsp3) is 0.435. The number of nitrogens with zero attached hydrogens (tertiary/aromatic N) is 1. The fourth-order valence-corrected chi connectivity index (χ4v) is 3.88. The lowest BCUT2D eigenvalue weighted by atomic mass is 10.1. The number of alkyl halides is 3. The molecule has 1 saturated heterocycles. The summed E-state index contributed by atoms with van der Waals surface area (Å²) in [7, 11) is 0. The molecule has 3 nitrogen and oxygen atoms in total. The molecule has 3 rings (SSSR count). The summed E-state index contributed by atoms with van der Waals surface area (Å²) in [6.07, 6.45) is 2.42. The summed E-state index contributed by atoms with van der Waals surface area (Å²) in [5.41, 5.74) is 1.54. The van der Waals surface area contributed by atoms with Crippen molar-refractivity contribution < 1.29 is 13.2 Å². The lowest BCUT2D eigenvalue weighted by molar-refractivity contribution is -0.137. The van der Waals surface area contributed by atoms with Gasteiger partial charge in [0, 0.05) is 19.6 Å². The third-order valence-electron chi connectivity index (χ3n) is 5.31. The van der Waals surface area contributed by atoms with E-state index in [1.807, 2.05) is 30.3 Å². The van der Waals surface area contributed by atoms with Gasteiger partial charge in [-0.15, -0.1) is 0 Å². The summed E-state index contributed by atoms with van der Waals surface area (Å²) in [5.74, 6) is 0. The van der Waals surface area contributed by atoms with E-state index in [-0.39, 0.29) is 0 Å². The molecule has 30 heavy (non-hydrogen) atoms. The zero-order valence-corrected chi connectivity index (χ0v) is 17.8. The molecule has 0 spiro atoms. The highest BCUT2D eigenvalue weighted by molar-refractivity contribution is 7.80. The predicted molar refractivity (Wildman–Crippen MR) is 121 cm³/mol. The molecule has 0 saturated carbocycles. The topological polar surface area (TPSA) is 27.3 Å². The number of rotatable bonds is 4. The monoisotopic (exact) mass is 435 g/mol. The number of nitrogens with one attached hydrogen (secondary N) is 2. The highest BCUT2D eigenvalue weighted by atomic mass is 32.1. The van der Waals surface area contributed by atoms with E-state index in [4.69, 9.17) is 12.2 Å². The predicted octanol–water partition coefficient (Wildman–Crippen LogP) is 6.35. The van der Waals surface area contributed by atoms with Crippen LogP contribution in [0.4, 0.5) is 24.5 Å². The van der Waals surface area contributed by atoms with Crippen LogP contribution in [-0.2, 0) is 12.7 Å². The van der Waals surface area contributed by atoms with Crippen LogP contribution in [0.15, 0.2) is 48.5 Å². The smallest absolute Gasteiger partial charge is 0.370 e. The minimum absolute atomic E-state index is 0.309. The lowest BCUT2D eigenvalue weighted by Gasteiger charge is -2.28. The summed E-state index contributed by atoms with van der Waals surface area (Å²) < 4.78 is 40.0. The van der Waals surface area contributed by atoms with Crippen LogP contribution in [0.5, 0.6) is 0 Å². The molecule has 2 aromatic carbocycles. The van der Waals surface area contributed by atoms with E-state index < -0.39 is 11.7 Å². The van der Waals surface area contributed by atoms with E-state index in [9.17, 15) is 13.2 Å². The average molecular weight is 436 g/mol. The largest absolute Gasteiger partial charge is 0.416 e. The van der Waals surface area contributed by atoms with Crippen molar-refractivity contribution in [3.05, 3.63) is 59.7 Å². The summed E-state index contributed by atoms with van der Waals surface area (Å²) in [4.78, 5) is 2.19. The van der Waals surface area contributed by atoms with Gasteiger partial charge in [0.25, 0.3) is 0 Å². The first-order valence-corrected chi connectivity index (χ1v) is 10.9. The first kappa shape index (κ1) is 22.4. The van der Waals surface area contributed by atoms with Crippen molar-refractivity contribution in [3.8, 4) is 0 Å². The first-order valence-electron chi connectivity index (χ1n) is 10.5. The third kappa shape index (κ3) is 6.62. The molecule has 0 aromatic heterocycles. The number of anilines is 2. The van der Waals surface area contributed by atoms with E-state index in [1.165, 1.54) is 18.9 Å². The fourth-order valence-electron chi connectivity index (χ4n) is 3.70. The number of halogens is 3. The number of hydrogen-bond donors (Lipinski definition) is 2. The number of hydrogen-bond acceptors (Lipinski definition) is 2. The Kier molecular flexibility index (Phi) is 7.96. The maximum absolute atomic E-state index is 13.3. The van der Waals surface area contributed by atoms with Gasteiger partial charge in [0.2, 0.25) is 0 Å². The molecule has 7 heteroatoms. The Morgan fingerprint density at radius 1 is 0.900 bits per heavy atom. The van der Waals surface area contributed by atoms with Crippen molar-refractivity contribution in [2.24, 2.45) is 0 Å². The maximum atomic E-state index is 13.3. The van der Waals surface area contributed by atoms with Crippen LogP contribution >= 0.6 is 12.2 Å². The minimum Gasteiger partial charge on any atom is -0.370 e. The molecule has 0 unspecified atom stereocenters. The van der Waals surface area contributed by atoms with Crippen LogP contribution in [0.25, 0.3) is 0 Å². The first-order chi connectivity index (χ1) is 14.4. The summed E-state index contributed by atoms with van der Waals surface area (Å²) >= 11 is 5.38. The van der Waals surface area contributed by atoms with Crippen molar-refractivity contribution in [2.75, 3.05) is 23.3 Å². The van der Waals surface area contributed by atoms with Gasteiger partial charge in [-0.05, 0) is 48.8 Å². The minimum atomic E-state index is -4.40. The normalized spacial score (nSPS) is 15.6. The van der Waals surface area contributed by atoms with Gasteiger partial charge in [-0.25, -0.2) is 0 Å². The highest BCUT2D eigenvalue weighted by Crippen LogP contribution is 2.36. The van der Waals surface area contributed by atoms with Gasteiger partial charge in [0.15, 0.2) is 5.11 Å². The Balaban J connectivity index is 1.78. The van der Waals surface area contributed by atoms with Gasteiger partial charge in [-0.1, -0.05) is 56.0 Å². The molecule has 0 bridgehead atoms. The van der Waals surface area contributed by atoms with Crippen molar-refractivity contribution in [3.63, 3.8) is 0 Å². The van der Waals surface area contributed by atoms with Gasteiger partial charge in [0.1, 0.15) is 0 Å². The van der Waals surface area contributed by atoms with Crippen LogP contribution < -0.4 is 15.5 Å². The van der Waals surface area contributed by atoms with Gasteiger partial charge >= 0.3 is 6.18 Å². The second-order valence-corrected chi connectivity index (χ2v) is 8.04. The van der Waals surface area contributed by atoms with Crippen LogP contribution in [-0.4, -0.2) is 18.2 Å². The Hall–Kier alpha value is -2.28. The Morgan fingerprint density at radius 3 is 2.17 bits per heavy atom. The van der Waals surface area contributed by atoms with Crippen LogP contribution in [0.3, 0.4) is 0 Å². The molecule has 0 atom stereocenters. The van der Waals surface area contributed by atoms with E-state index in [0.29, 0.717) is 17.3 Å². The van der Waals surface area contributed by atoms with Crippen LogP contribution in [0.1, 0.15) is 49.7 Å². The van der Waals surface area contributed by atoms with E-state index in [2.05, 4.69) is 15.5 Å². The molecule has 0 aliphatic carbocycles. The molecule has 0 radical (unpaired) electrons. The second-order valence-electron chi connectivity index (χ2n) is 7.63. The Morgan fingerprint density at radius 2 is 1.53 bits per heavy atom. The van der Waals surface area contributed by atoms with Crippen molar-refractivity contribution in [1.29, 1.82) is 0 Å². The number of thiocarbonyl (C=S) groups is 1. The second kappa shape index (κ2) is 10.7. The Labute approximate surface area is 181 Å². The SMILES string of the molecule is FC(F)(F)c1ccc(N2CCCCCCCC2)c(NC(=S)NCc2ccccc2)c1. The van der Waals surface area contributed by atoms with E-state index >= 15 is 0 Å². The lowest BCUT2D eigenvalue weighted by Crippen LogP contribution is -2.31. The standard InChI is InChI=1S/C23H28F3N3S/c24-23(25,26)19-12-13-21(29-14-8-3-1-2-4-9-15-29)20(16-19)28-22(30)27-17-18-10-6-5-7-11-18/h5-7,10-13,16H,1-4,8-9,14-15,17H2,(H2,27,28,30). The number of benzene rings is 2. The molecule has 1 fully saturated rings. The average Bonchev–Trinajstić information content (AvgIpc) is 2.86. The molecule has 1 aliphatic heterocycles. The van der Waals surface area contributed by atoms with Gasteiger partial charge in [0.05, 0.1) is 16.9 Å². The van der Waals surface area contributed by atoms with E-state index in [0.717, 1.165) is 56.1 Å². The van der Waals surface area contributed by atoms with Crippen LogP contribution in [0.2, 0.25) is 0 Å². The molecular weight excluding hydrogens is 407 g/mol.